The van der Waals surface area contributed by atoms with Crippen LogP contribution in [-0.4, -0.2) is 63.3 Å². The normalized spacial score (nSPS) is 26.0. The number of carbonyl (C=O) groups is 1. The van der Waals surface area contributed by atoms with Crippen LogP contribution in [0, 0.1) is 5.92 Å². The third-order valence-electron chi connectivity index (χ3n) is 3.48. The van der Waals surface area contributed by atoms with Crippen LogP contribution in [0.15, 0.2) is 0 Å². The third-order valence-corrected chi connectivity index (χ3v) is 3.48. The SMILES string of the molecule is O=C(CN1CCNCC1)NCCC1CCOC1. The van der Waals surface area contributed by atoms with Gasteiger partial charge in [-0.3, -0.25) is 9.69 Å². The first kappa shape index (κ1) is 12.8. The van der Waals surface area contributed by atoms with Crippen molar-refractivity contribution in [1.82, 2.24) is 15.5 Å². The Morgan fingerprint density at radius 1 is 1.41 bits per heavy atom. The Hall–Kier alpha value is -0.650. The first-order valence-electron chi connectivity index (χ1n) is 6.62. The van der Waals surface area contributed by atoms with Crippen LogP contribution < -0.4 is 10.6 Å². The quantitative estimate of drug-likeness (QED) is 0.677. The number of hydrogen-bond donors (Lipinski definition) is 2. The van der Waals surface area contributed by atoms with Gasteiger partial charge in [-0.25, -0.2) is 0 Å². The van der Waals surface area contributed by atoms with E-state index in [1.54, 1.807) is 0 Å². The van der Waals surface area contributed by atoms with Crippen molar-refractivity contribution in [1.29, 1.82) is 0 Å². The lowest BCUT2D eigenvalue weighted by Crippen LogP contribution is -2.47. The van der Waals surface area contributed by atoms with E-state index in [9.17, 15) is 4.79 Å². The molecule has 5 nitrogen and oxygen atoms in total. The first-order chi connectivity index (χ1) is 8.34. The summed E-state index contributed by atoms with van der Waals surface area (Å²) in [5, 5.41) is 6.28. The van der Waals surface area contributed by atoms with Crippen molar-refractivity contribution >= 4 is 5.91 Å². The third kappa shape index (κ3) is 4.61. The number of rotatable bonds is 5. The van der Waals surface area contributed by atoms with E-state index in [-0.39, 0.29) is 5.91 Å². The Kier molecular flexibility index (Phi) is 5.22. The highest BCUT2D eigenvalue weighted by Gasteiger charge is 2.16. The highest BCUT2D eigenvalue weighted by atomic mass is 16.5. The Labute approximate surface area is 103 Å². The molecule has 0 aromatic carbocycles. The molecule has 2 N–H and O–H groups in total. The fraction of sp³-hybridized carbons (Fsp3) is 0.917. The van der Waals surface area contributed by atoms with Gasteiger partial charge in [-0.1, -0.05) is 0 Å². The Morgan fingerprint density at radius 2 is 2.24 bits per heavy atom. The number of nitrogens with one attached hydrogen (secondary N) is 2. The van der Waals surface area contributed by atoms with E-state index in [2.05, 4.69) is 15.5 Å². The summed E-state index contributed by atoms with van der Waals surface area (Å²) in [7, 11) is 0. The average molecular weight is 241 g/mol. The molecule has 1 unspecified atom stereocenters. The van der Waals surface area contributed by atoms with Crippen LogP contribution in [0.25, 0.3) is 0 Å². The van der Waals surface area contributed by atoms with Crippen molar-refractivity contribution in [2.45, 2.75) is 12.8 Å². The monoisotopic (exact) mass is 241 g/mol. The molecule has 0 radical (unpaired) electrons. The van der Waals surface area contributed by atoms with Gasteiger partial charge >= 0.3 is 0 Å². The molecule has 1 amide bonds. The highest BCUT2D eigenvalue weighted by molar-refractivity contribution is 5.77. The van der Waals surface area contributed by atoms with E-state index < -0.39 is 0 Å². The summed E-state index contributed by atoms with van der Waals surface area (Å²) in [5.41, 5.74) is 0. The molecular weight excluding hydrogens is 218 g/mol. The topological polar surface area (TPSA) is 53.6 Å². The van der Waals surface area contributed by atoms with Gasteiger partial charge in [0.1, 0.15) is 0 Å². The molecule has 5 heteroatoms. The van der Waals surface area contributed by atoms with Gasteiger partial charge in [0.2, 0.25) is 5.91 Å². The second-order valence-electron chi connectivity index (χ2n) is 4.89. The molecule has 2 fully saturated rings. The van der Waals surface area contributed by atoms with Gasteiger partial charge in [-0.2, -0.15) is 0 Å². The molecular formula is C12H23N3O2. The van der Waals surface area contributed by atoms with Crippen molar-refractivity contribution in [2.75, 3.05) is 52.5 Å². The fourth-order valence-corrected chi connectivity index (χ4v) is 2.35. The molecule has 2 saturated heterocycles. The van der Waals surface area contributed by atoms with Crippen molar-refractivity contribution in [3.05, 3.63) is 0 Å². The molecule has 1 atom stereocenters. The minimum Gasteiger partial charge on any atom is -0.381 e. The van der Waals surface area contributed by atoms with Gasteiger partial charge < -0.3 is 15.4 Å². The van der Waals surface area contributed by atoms with E-state index in [1.807, 2.05) is 0 Å². The van der Waals surface area contributed by atoms with Crippen molar-refractivity contribution < 1.29 is 9.53 Å². The van der Waals surface area contributed by atoms with Crippen molar-refractivity contribution in [2.24, 2.45) is 5.92 Å². The molecule has 2 heterocycles. The Bertz CT molecular complexity index is 236. The number of piperazine rings is 1. The van der Waals surface area contributed by atoms with Crippen LogP contribution in [-0.2, 0) is 9.53 Å². The first-order valence-corrected chi connectivity index (χ1v) is 6.62. The molecule has 2 aliphatic rings. The van der Waals surface area contributed by atoms with E-state index in [0.29, 0.717) is 12.5 Å². The summed E-state index contributed by atoms with van der Waals surface area (Å²) in [4.78, 5) is 13.9. The van der Waals surface area contributed by atoms with Crippen LogP contribution >= 0.6 is 0 Å². The standard InChI is InChI=1S/C12H23N3O2/c16-12(9-15-6-4-13-5-7-15)14-3-1-11-2-8-17-10-11/h11,13H,1-10H2,(H,14,16). The maximum Gasteiger partial charge on any atom is 0.234 e. The summed E-state index contributed by atoms with van der Waals surface area (Å²) in [6, 6.07) is 0. The van der Waals surface area contributed by atoms with Crippen LogP contribution in [0.4, 0.5) is 0 Å². The molecule has 0 bridgehead atoms. The van der Waals surface area contributed by atoms with Crippen molar-refractivity contribution in [3.8, 4) is 0 Å². The van der Waals surface area contributed by atoms with E-state index >= 15 is 0 Å². The summed E-state index contributed by atoms with van der Waals surface area (Å²) < 4.78 is 5.31. The summed E-state index contributed by atoms with van der Waals surface area (Å²) >= 11 is 0. The molecule has 0 aliphatic carbocycles. The lowest BCUT2D eigenvalue weighted by atomic mass is 10.1. The second-order valence-corrected chi connectivity index (χ2v) is 4.89. The molecule has 98 valence electrons. The van der Waals surface area contributed by atoms with Crippen LogP contribution in [0.5, 0.6) is 0 Å². The van der Waals surface area contributed by atoms with Crippen LogP contribution in [0.2, 0.25) is 0 Å². The minimum absolute atomic E-state index is 0.158. The van der Waals surface area contributed by atoms with E-state index in [1.165, 1.54) is 0 Å². The number of amides is 1. The molecule has 0 saturated carbocycles. The summed E-state index contributed by atoms with van der Waals surface area (Å²) in [6.07, 6.45) is 2.20. The van der Waals surface area contributed by atoms with Gasteiger partial charge in [0.25, 0.3) is 0 Å². The molecule has 2 aliphatic heterocycles. The fourth-order valence-electron chi connectivity index (χ4n) is 2.35. The zero-order chi connectivity index (χ0) is 11.9. The Balaban J connectivity index is 1.53. The number of ether oxygens (including phenoxy) is 1. The number of carbonyl (C=O) groups excluding carboxylic acids is 1. The molecule has 0 spiro atoms. The predicted octanol–water partition coefficient (Wildman–Crippen LogP) is -0.566. The predicted molar refractivity (Wildman–Crippen MR) is 65.9 cm³/mol. The van der Waals surface area contributed by atoms with Gasteiger partial charge in [0.15, 0.2) is 0 Å². The van der Waals surface area contributed by atoms with E-state index in [0.717, 1.165) is 58.8 Å². The minimum atomic E-state index is 0.158. The zero-order valence-corrected chi connectivity index (χ0v) is 10.4. The Morgan fingerprint density at radius 3 is 2.94 bits per heavy atom. The highest BCUT2D eigenvalue weighted by Crippen LogP contribution is 2.14. The van der Waals surface area contributed by atoms with Crippen LogP contribution in [0.1, 0.15) is 12.8 Å². The lowest BCUT2D eigenvalue weighted by molar-refractivity contribution is -0.122. The van der Waals surface area contributed by atoms with Gasteiger partial charge in [-0.15, -0.1) is 0 Å². The second kappa shape index (κ2) is 6.93. The maximum atomic E-state index is 11.7. The molecule has 17 heavy (non-hydrogen) atoms. The lowest BCUT2D eigenvalue weighted by Gasteiger charge is -2.26. The molecule has 0 aromatic heterocycles. The molecule has 0 aromatic rings. The summed E-state index contributed by atoms with van der Waals surface area (Å²) in [5.74, 6) is 0.806. The largest absolute Gasteiger partial charge is 0.381 e. The van der Waals surface area contributed by atoms with Crippen molar-refractivity contribution in [3.63, 3.8) is 0 Å². The maximum absolute atomic E-state index is 11.7. The van der Waals surface area contributed by atoms with Crippen LogP contribution in [0.3, 0.4) is 0 Å². The number of nitrogens with zero attached hydrogens (tertiary/aromatic N) is 1. The van der Waals surface area contributed by atoms with Gasteiger partial charge in [0, 0.05) is 45.9 Å². The zero-order valence-electron chi connectivity index (χ0n) is 10.4. The van der Waals surface area contributed by atoms with Gasteiger partial charge in [0.05, 0.1) is 6.54 Å². The smallest absolute Gasteiger partial charge is 0.234 e. The summed E-state index contributed by atoms with van der Waals surface area (Å²) in [6.45, 7) is 7.03. The average Bonchev–Trinajstić information content (AvgIpc) is 2.83. The number of hydrogen-bond acceptors (Lipinski definition) is 4. The molecule has 2 rings (SSSR count). The van der Waals surface area contributed by atoms with E-state index in [4.69, 9.17) is 4.74 Å². The van der Waals surface area contributed by atoms with Gasteiger partial charge in [-0.05, 0) is 18.8 Å².